The number of methoxy groups -OCH3 is 1. The Morgan fingerprint density at radius 3 is 2.47 bits per heavy atom. The van der Waals surface area contributed by atoms with Gasteiger partial charge in [-0.2, -0.15) is 0 Å². The first-order valence-electron chi connectivity index (χ1n) is 6.58. The van der Waals surface area contributed by atoms with Crippen LogP contribution in [0.4, 0.5) is 0 Å². The highest BCUT2D eigenvalue weighted by Gasteiger charge is 2.11. The third-order valence-electron chi connectivity index (χ3n) is 3.06. The Labute approximate surface area is 115 Å². The normalized spacial score (nSPS) is 12.3. The highest BCUT2D eigenvalue weighted by molar-refractivity contribution is 5.76. The number of nitrogens with one attached hydrogen (secondary N) is 1. The fraction of sp³-hybridized carbons (Fsp3) is 0.533. The van der Waals surface area contributed by atoms with Crippen molar-refractivity contribution in [3.05, 3.63) is 29.8 Å². The lowest BCUT2D eigenvalue weighted by atomic mass is 9.97. The van der Waals surface area contributed by atoms with Crippen molar-refractivity contribution in [2.45, 2.75) is 19.3 Å². The van der Waals surface area contributed by atoms with Gasteiger partial charge in [0.1, 0.15) is 5.75 Å². The Kier molecular flexibility index (Phi) is 6.36. The van der Waals surface area contributed by atoms with Gasteiger partial charge in [-0.05, 0) is 37.7 Å². The Morgan fingerprint density at radius 2 is 1.95 bits per heavy atom. The van der Waals surface area contributed by atoms with Crippen molar-refractivity contribution in [2.24, 2.45) is 0 Å². The molecule has 4 heteroatoms. The third kappa shape index (κ3) is 5.75. The topological polar surface area (TPSA) is 41.6 Å². The molecule has 1 amide bonds. The lowest BCUT2D eigenvalue weighted by Crippen LogP contribution is -2.31. The third-order valence-corrected chi connectivity index (χ3v) is 3.06. The number of likely N-dealkylation sites (N-methyl/N-ethyl adjacent to an activating group) is 1. The van der Waals surface area contributed by atoms with E-state index in [1.165, 1.54) is 0 Å². The molecule has 1 aromatic rings. The fourth-order valence-corrected chi connectivity index (χ4v) is 1.82. The number of rotatable bonds is 7. The van der Waals surface area contributed by atoms with Gasteiger partial charge in [0.2, 0.25) is 5.91 Å². The molecule has 1 aromatic carbocycles. The van der Waals surface area contributed by atoms with Gasteiger partial charge in [0.25, 0.3) is 0 Å². The highest BCUT2D eigenvalue weighted by atomic mass is 16.5. The minimum Gasteiger partial charge on any atom is -0.497 e. The Balaban J connectivity index is 2.40. The first-order valence-corrected chi connectivity index (χ1v) is 6.58. The second-order valence-electron chi connectivity index (χ2n) is 5.03. The molecular formula is C15H24N2O2. The van der Waals surface area contributed by atoms with E-state index in [1.54, 1.807) is 7.11 Å². The van der Waals surface area contributed by atoms with Crippen LogP contribution in [0.5, 0.6) is 5.75 Å². The summed E-state index contributed by atoms with van der Waals surface area (Å²) in [7, 11) is 5.63. The number of carbonyl (C=O) groups excluding carboxylic acids is 1. The summed E-state index contributed by atoms with van der Waals surface area (Å²) < 4.78 is 5.12. The van der Waals surface area contributed by atoms with E-state index in [4.69, 9.17) is 4.74 Å². The zero-order valence-electron chi connectivity index (χ0n) is 12.3. The number of amides is 1. The first-order chi connectivity index (χ1) is 9.02. The van der Waals surface area contributed by atoms with E-state index in [0.717, 1.165) is 17.9 Å². The van der Waals surface area contributed by atoms with Crippen molar-refractivity contribution < 1.29 is 9.53 Å². The zero-order valence-corrected chi connectivity index (χ0v) is 12.3. The minimum absolute atomic E-state index is 0.102. The molecule has 0 bridgehead atoms. The molecule has 1 unspecified atom stereocenters. The van der Waals surface area contributed by atoms with E-state index in [-0.39, 0.29) is 11.8 Å². The maximum Gasteiger partial charge on any atom is 0.220 e. The van der Waals surface area contributed by atoms with Crippen molar-refractivity contribution in [1.82, 2.24) is 10.2 Å². The van der Waals surface area contributed by atoms with Gasteiger partial charge in [-0.1, -0.05) is 19.1 Å². The molecule has 0 aromatic heterocycles. The van der Waals surface area contributed by atoms with Crippen LogP contribution in [0.2, 0.25) is 0 Å². The fourth-order valence-electron chi connectivity index (χ4n) is 1.82. The summed E-state index contributed by atoms with van der Waals surface area (Å²) in [5.41, 5.74) is 1.16. The summed E-state index contributed by atoms with van der Waals surface area (Å²) in [6.45, 7) is 3.62. The van der Waals surface area contributed by atoms with Crippen LogP contribution in [0, 0.1) is 0 Å². The zero-order chi connectivity index (χ0) is 14.3. The minimum atomic E-state index is 0.102. The van der Waals surface area contributed by atoms with Gasteiger partial charge in [-0.3, -0.25) is 4.79 Å². The van der Waals surface area contributed by atoms with Gasteiger partial charge in [0.05, 0.1) is 7.11 Å². The number of hydrogen-bond donors (Lipinski definition) is 1. The maximum absolute atomic E-state index is 11.8. The summed E-state index contributed by atoms with van der Waals surface area (Å²) >= 11 is 0. The van der Waals surface area contributed by atoms with Gasteiger partial charge < -0.3 is 15.0 Å². The molecule has 0 radical (unpaired) electrons. The number of ether oxygens (including phenoxy) is 1. The van der Waals surface area contributed by atoms with E-state index >= 15 is 0 Å². The molecule has 0 aliphatic heterocycles. The van der Waals surface area contributed by atoms with Crippen molar-refractivity contribution in [2.75, 3.05) is 34.3 Å². The van der Waals surface area contributed by atoms with Crippen LogP contribution in [0.15, 0.2) is 24.3 Å². The lowest BCUT2D eigenvalue weighted by Gasteiger charge is -2.14. The molecule has 4 nitrogen and oxygen atoms in total. The van der Waals surface area contributed by atoms with Gasteiger partial charge in [-0.15, -0.1) is 0 Å². The van der Waals surface area contributed by atoms with Crippen LogP contribution < -0.4 is 10.1 Å². The second kappa shape index (κ2) is 7.79. The molecule has 1 N–H and O–H groups in total. The van der Waals surface area contributed by atoms with E-state index in [2.05, 4.69) is 12.2 Å². The quantitative estimate of drug-likeness (QED) is 0.817. The van der Waals surface area contributed by atoms with Gasteiger partial charge in [0.15, 0.2) is 0 Å². The molecule has 0 aliphatic carbocycles. The monoisotopic (exact) mass is 264 g/mol. The SMILES string of the molecule is COc1ccc(C(C)CC(=O)NCCN(C)C)cc1. The molecule has 1 atom stereocenters. The number of benzene rings is 1. The van der Waals surface area contributed by atoms with E-state index in [1.807, 2.05) is 43.3 Å². The average molecular weight is 264 g/mol. The highest BCUT2D eigenvalue weighted by Crippen LogP contribution is 2.21. The van der Waals surface area contributed by atoms with E-state index in [0.29, 0.717) is 13.0 Å². The molecular weight excluding hydrogens is 240 g/mol. The Hall–Kier alpha value is -1.55. The Morgan fingerprint density at radius 1 is 1.32 bits per heavy atom. The predicted molar refractivity (Wildman–Crippen MR) is 77.6 cm³/mol. The smallest absolute Gasteiger partial charge is 0.220 e. The van der Waals surface area contributed by atoms with Crippen molar-refractivity contribution in [1.29, 1.82) is 0 Å². The van der Waals surface area contributed by atoms with E-state index < -0.39 is 0 Å². The lowest BCUT2D eigenvalue weighted by molar-refractivity contribution is -0.121. The van der Waals surface area contributed by atoms with Crippen LogP contribution in [0.3, 0.4) is 0 Å². The summed E-state index contributed by atoms with van der Waals surface area (Å²) in [6.07, 6.45) is 0.514. The van der Waals surface area contributed by atoms with Crippen LogP contribution in [0.1, 0.15) is 24.8 Å². The molecule has 0 spiro atoms. The summed E-state index contributed by atoms with van der Waals surface area (Å²) in [5, 5.41) is 2.93. The number of carbonyl (C=O) groups is 1. The predicted octanol–water partition coefficient (Wildman–Crippen LogP) is 1.87. The van der Waals surface area contributed by atoms with Crippen LogP contribution in [-0.4, -0.2) is 45.1 Å². The van der Waals surface area contributed by atoms with E-state index in [9.17, 15) is 4.79 Å². The molecule has 19 heavy (non-hydrogen) atoms. The first kappa shape index (κ1) is 15.5. The maximum atomic E-state index is 11.8. The standard InChI is InChI=1S/C15H24N2O2/c1-12(11-15(18)16-9-10-17(2)3)13-5-7-14(19-4)8-6-13/h5-8,12H,9-11H2,1-4H3,(H,16,18). The number of hydrogen-bond acceptors (Lipinski definition) is 3. The molecule has 1 rings (SSSR count). The molecule has 0 saturated carbocycles. The second-order valence-corrected chi connectivity index (χ2v) is 5.03. The molecule has 0 heterocycles. The molecule has 106 valence electrons. The Bertz CT molecular complexity index is 388. The van der Waals surface area contributed by atoms with Crippen LogP contribution >= 0.6 is 0 Å². The van der Waals surface area contributed by atoms with Gasteiger partial charge in [0, 0.05) is 19.5 Å². The molecule has 0 aliphatic rings. The van der Waals surface area contributed by atoms with Crippen LogP contribution in [0.25, 0.3) is 0 Å². The largest absolute Gasteiger partial charge is 0.497 e. The molecule has 0 saturated heterocycles. The summed E-state index contributed by atoms with van der Waals surface area (Å²) in [4.78, 5) is 13.8. The van der Waals surface area contributed by atoms with Crippen molar-refractivity contribution in [3.63, 3.8) is 0 Å². The van der Waals surface area contributed by atoms with Crippen molar-refractivity contribution in [3.8, 4) is 5.75 Å². The molecule has 0 fully saturated rings. The summed E-state index contributed by atoms with van der Waals surface area (Å²) in [6, 6.07) is 7.87. The summed E-state index contributed by atoms with van der Waals surface area (Å²) in [5.74, 6) is 1.15. The van der Waals surface area contributed by atoms with Gasteiger partial charge in [-0.25, -0.2) is 0 Å². The number of nitrogens with zero attached hydrogens (tertiary/aromatic N) is 1. The van der Waals surface area contributed by atoms with Crippen LogP contribution in [-0.2, 0) is 4.79 Å². The van der Waals surface area contributed by atoms with Crippen molar-refractivity contribution >= 4 is 5.91 Å². The average Bonchev–Trinajstić information content (AvgIpc) is 2.38. The van der Waals surface area contributed by atoms with Gasteiger partial charge >= 0.3 is 0 Å².